The molecule has 0 saturated carbocycles. The number of aromatic amines is 1. The molecule has 1 aliphatic heterocycles. The Morgan fingerprint density at radius 2 is 2.13 bits per heavy atom. The molecule has 2 atom stereocenters. The van der Waals surface area contributed by atoms with Gasteiger partial charge in [0.2, 0.25) is 5.91 Å². The number of fused-ring (bicyclic) bond motifs is 2. The summed E-state index contributed by atoms with van der Waals surface area (Å²) < 4.78 is 0. The highest BCUT2D eigenvalue weighted by atomic mass is 16.2. The van der Waals surface area contributed by atoms with Crippen molar-refractivity contribution in [3.63, 3.8) is 0 Å². The lowest BCUT2D eigenvalue weighted by Crippen LogP contribution is -2.29. The molecule has 4 heteroatoms. The van der Waals surface area contributed by atoms with Crippen molar-refractivity contribution >= 4 is 16.9 Å². The topological polar surface area (TPSA) is 49.0 Å². The second kappa shape index (κ2) is 5.84. The van der Waals surface area contributed by atoms with Crippen molar-refractivity contribution in [2.24, 2.45) is 11.8 Å². The Morgan fingerprint density at radius 1 is 1.30 bits per heavy atom. The van der Waals surface area contributed by atoms with Crippen LogP contribution in [0.25, 0.3) is 11.0 Å². The van der Waals surface area contributed by atoms with Crippen LogP contribution in [0.2, 0.25) is 0 Å². The first-order chi connectivity index (χ1) is 11.2. The fraction of sp³-hybridized carbons (Fsp3) is 0.474. The maximum Gasteiger partial charge on any atom is 0.223 e. The van der Waals surface area contributed by atoms with Gasteiger partial charge in [-0.1, -0.05) is 23.8 Å². The van der Waals surface area contributed by atoms with Crippen LogP contribution < -0.4 is 0 Å². The van der Waals surface area contributed by atoms with Gasteiger partial charge in [0.05, 0.1) is 11.0 Å². The van der Waals surface area contributed by atoms with Gasteiger partial charge in [0, 0.05) is 25.9 Å². The summed E-state index contributed by atoms with van der Waals surface area (Å²) in [6.07, 6.45) is 5.90. The van der Waals surface area contributed by atoms with Gasteiger partial charge in [-0.2, -0.15) is 0 Å². The van der Waals surface area contributed by atoms with Crippen molar-refractivity contribution in [1.82, 2.24) is 14.9 Å². The van der Waals surface area contributed by atoms with E-state index in [9.17, 15) is 4.79 Å². The van der Waals surface area contributed by atoms with Gasteiger partial charge < -0.3 is 9.88 Å². The Hall–Kier alpha value is -2.10. The van der Waals surface area contributed by atoms with Crippen molar-refractivity contribution in [2.75, 3.05) is 13.1 Å². The number of amides is 1. The highest BCUT2D eigenvalue weighted by molar-refractivity contribution is 5.77. The number of rotatable bonds is 3. The highest BCUT2D eigenvalue weighted by Crippen LogP contribution is 2.35. The van der Waals surface area contributed by atoms with E-state index in [4.69, 9.17) is 0 Å². The van der Waals surface area contributed by atoms with Crippen LogP contribution in [0, 0.1) is 11.8 Å². The minimum Gasteiger partial charge on any atom is -0.342 e. The SMILES string of the molecule is CC1=CC[C@@H]2CN(C(=O)CCc3nc4ccccc4[nH]3)C[C@@H]2C1. The van der Waals surface area contributed by atoms with E-state index in [1.54, 1.807) is 0 Å². The molecule has 2 aromatic rings. The predicted molar refractivity (Wildman–Crippen MR) is 91.0 cm³/mol. The number of aromatic nitrogens is 2. The maximum atomic E-state index is 12.5. The van der Waals surface area contributed by atoms with Crippen LogP contribution in [-0.2, 0) is 11.2 Å². The molecule has 0 unspecified atom stereocenters. The van der Waals surface area contributed by atoms with Crippen LogP contribution in [0.3, 0.4) is 0 Å². The van der Waals surface area contributed by atoms with Crippen molar-refractivity contribution in [3.05, 3.63) is 41.7 Å². The molecule has 1 N–H and O–H groups in total. The van der Waals surface area contributed by atoms with E-state index in [0.717, 1.165) is 42.8 Å². The van der Waals surface area contributed by atoms with E-state index in [-0.39, 0.29) is 5.91 Å². The van der Waals surface area contributed by atoms with Gasteiger partial charge >= 0.3 is 0 Å². The summed E-state index contributed by atoms with van der Waals surface area (Å²) >= 11 is 0. The van der Waals surface area contributed by atoms with Gasteiger partial charge in [-0.3, -0.25) is 4.79 Å². The molecular weight excluding hydrogens is 286 g/mol. The van der Waals surface area contributed by atoms with Gasteiger partial charge in [0.1, 0.15) is 5.82 Å². The number of carbonyl (C=O) groups excluding carboxylic acids is 1. The lowest BCUT2D eigenvalue weighted by molar-refractivity contribution is -0.130. The Morgan fingerprint density at radius 3 is 3.00 bits per heavy atom. The van der Waals surface area contributed by atoms with Crippen molar-refractivity contribution in [3.8, 4) is 0 Å². The van der Waals surface area contributed by atoms with E-state index in [0.29, 0.717) is 24.7 Å². The number of nitrogens with zero attached hydrogens (tertiary/aromatic N) is 2. The first kappa shape index (κ1) is 14.5. The fourth-order valence-electron chi connectivity index (χ4n) is 4.00. The number of allylic oxidation sites excluding steroid dienone is 2. The summed E-state index contributed by atoms with van der Waals surface area (Å²) in [7, 11) is 0. The molecule has 1 amide bonds. The van der Waals surface area contributed by atoms with E-state index in [2.05, 4.69) is 27.9 Å². The minimum atomic E-state index is 0.275. The summed E-state index contributed by atoms with van der Waals surface area (Å²) in [6.45, 7) is 4.09. The molecule has 2 heterocycles. The smallest absolute Gasteiger partial charge is 0.223 e. The molecule has 4 nitrogen and oxygen atoms in total. The number of hydrogen-bond donors (Lipinski definition) is 1. The lowest BCUT2D eigenvalue weighted by atomic mass is 9.83. The molecule has 120 valence electrons. The average Bonchev–Trinajstić information content (AvgIpc) is 3.15. The molecule has 0 bridgehead atoms. The summed E-state index contributed by atoms with van der Waals surface area (Å²) in [5, 5.41) is 0. The number of hydrogen-bond acceptors (Lipinski definition) is 2. The monoisotopic (exact) mass is 309 g/mol. The Balaban J connectivity index is 1.35. The van der Waals surface area contributed by atoms with Crippen LogP contribution >= 0.6 is 0 Å². The normalized spacial score (nSPS) is 23.9. The first-order valence-corrected chi connectivity index (χ1v) is 8.56. The Bertz CT molecular complexity index is 728. The van der Waals surface area contributed by atoms with Gasteiger partial charge in [-0.15, -0.1) is 0 Å². The van der Waals surface area contributed by atoms with Crippen molar-refractivity contribution in [2.45, 2.75) is 32.6 Å². The van der Waals surface area contributed by atoms with E-state index in [1.165, 1.54) is 5.57 Å². The standard InChI is InChI=1S/C19H23N3O/c1-13-6-7-14-11-22(12-15(14)10-13)19(23)9-8-18-20-16-4-2-3-5-17(16)21-18/h2-6,14-15H,7-12H2,1H3,(H,20,21)/t14-,15+/m1/s1. The van der Waals surface area contributed by atoms with Gasteiger partial charge in [0.25, 0.3) is 0 Å². The molecule has 0 spiro atoms. The van der Waals surface area contributed by atoms with Crippen LogP contribution in [0.15, 0.2) is 35.9 Å². The average molecular weight is 309 g/mol. The second-order valence-electron chi connectivity index (χ2n) is 7.01. The largest absolute Gasteiger partial charge is 0.342 e. The number of para-hydroxylation sites is 2. The first-order valence-electron chi connectivity index (χ1n) is 8.56. The van der Waals surface area contributed by atoms with Crippen molar-refractivity contribution in [1.29, 1.82) is 0 Å². The summed E-state index contributed by atoms with van der Waals surface area (Å²) in [4.78, 5) is 22.5. The number of aryl methyl sites for hydroxylation is 1. The van der Waals surface area contributed by atoms with Gasteiger partial charge in [0.15, 0.2) is 0 Å². The van der Waals surface area contributed by atoms with E-state index >= 15 is 0 Å². The highest BCUT2D eigenvalue weighted by Gasteiger charge is 2.35. The molecule has 4 rings (SSSR count). The molecule has 1 aromatic heterocycles. The number of nitrogens with one attached hydrogen (secondary N) is 1. The molecule has 1 aromatic carbocycles. The molecule has 2 aliphatic rings. The van der Waals surface area contributed by atoms with Gasteiger partial charge in [-0.05, 0) is 43.7 Å². The number of benzene rings is 1. The van der Waals surface area contributed by atoms with Crippen LogP contribution in [0.4, 0.5) is 0 Å². The summed E-state index contributed by atoms with van der Waals surface area (Å²) in [6, 6.07) is 8.00. The molecule has 0 radical (unpaired) electrons. The molecule has 1 saturated heterocycles. The zero-order chi connectivity index (χ0) is 15.8. The Labute approximate surface area is 136 Å². The zero-order valence-corrected chi connectivity index (χ0v) is 13.6. The Kier molecular flexibility index (Phi) is 3.68. The minimum absolute atomic E-state index is 0.275. The predicted octanol–water partition coefficient (Wildman–Crippen LogP) is 3.31. The van der Waals surface area contributed by atoms with E-state index in [1.807, 2.05) is 24.3 Å². The van der Waals surface area contributed by atoms with Crippen molar-refractivity contribution < 1.29 is 4.79 Å². The lowest BCUT2D eigenvalue weighted by Gasteiger charge is -2.21. The zero-order valence-electron chi connectivity index (χ0n) is 13.6. The van der Waals surface area contributed by atoms with Gasteiger partial charge in [-0.25, -0.2) is 4.98 Å². The number of carbonyl (C=O) groups is 1. The number of H-pyrrole nitrogens is 1. The maximum absolute atomic E-state index is 12.5. The number of imidazole rings is 1. The summed E-state index contributed by atoms with van der Waals surface area (Å²) in [5.41, 5.74) is 3.51. The fourth-order valence-corrected chi connectivity index (χ4v) is 4.00. The molecular formula is C19H23N3O. The molecule has 23 heavy (non-hydrogen) atoms. The molecule has 1 aliphatic carbocycles. The number of likely N-dealkylation sites (tertiary alicyclic amines) is 1. The van der Waals surface area contributed by atoms with Crippen LogP contribution in [-0.4, -0.2) is 33.9 Å². The second-order valence-corrected chi connectivity index (χ2v) is 7.01. The third kappa shape index (κ3) is 2.90. The van der Waals surface area contributed by atoms with E-state index < -0.39 is 0 Å². The third-order valence-corrected chi connectivity index (χ3v) is 5.30. The third-order valence-electron chi connectivity index (χ3n) is 5.30. The quantitative estimate of drug-likeness (QED) is 0.884. The van der Waals surface area contributed by atoms with Crippen LogP contribution in [0.1, 0.15) is 32.0 Å². The molecule has 1 fully saturated rings. The van der Waals surface area contributed by atoms with Crippen LogP contribution in [0.5, 0.6) is 0 Å². The summed E-state index contributed by atoms with van der Waals surface area (Å²) in [5.74, 6) is 2.54.